The molecule has 0 saturated carbocycles. The number of aliphatic hydroxyl groups is 3. The molecule has 2 aliphatic rings. The molecule has 0 radical (unpaired) electrons. The van der Waals surface area contributed by atoms with Crippen LogP contribution in [-0.4, -0.2) is 102 Å². The zero-order valence-corrected chi connectivity index (χ0v) is 35.2. The molecule has 55 heavy (non-hydrogen) atoms. The van der Waals surface area contributed by atoms with Crippen LogP contribution in [-0.2, 0) is 19.1 Å². The number of carbonyl (C=O) groups is 2. The molecule has 310 valence electrons. The van der Waals surface area contributed by atoms with Gasteiger partial charge >= 0.3 is 5.97 Å². The van der Waals surface area contributed by atoms with Gasteiger partial charge in [-0.1, -0.05) is 102 Å². The summed E-state index contributed by atoms with van der Waals surface area (Å²) in [6.07, 6.45) is 16.6. The van der Waals surface area contributed by atoms with E-state index in [1.54, 1.807) is 29.2 Å². The lowest BCUT2D eigenvalue weighted by molar-refractivity contribution is -0.152. The lowest BCUT2D eigenvalue weighted by Crippen LogP contribution is -2.48. The summed E-state index contributed by atoms with van der Waals surface area (Å²) in [7, 11) is 1.44. The number of cyclic esters (lactones) is 1. The Labute approximate surface area is 331 Å². The number of hydrazone groups is 1. The van der Waals surface area contributed by atoms with Crippen molar-refractivity contribution in [3.05, 3.63) is 71.6 Å². The van der Waals surface area contributed by atoms with Crippen molar-refractivity contribution in [2.75, 3.05) is 39.8 Å². The van der Waals surface area contributed by atoms with Crippen molar-refractivity contribution in [1.82, 2.24) is 15.6 Å². The molecule has 1 saturated heterocycles. The number of aliphatic hydroxyl groups excluding tert-OH is 3. The first-order chi connectivity index (χ1) is 26.1. The summed E-state index contributed by atoms with van der Waals surface area (Å²) in [4.78, 5) is 28.3. The molecular formula is C44H72N4O7. The summed E-state index contributed by atoms with van der Waals surface area (Å²) in [5, 5.41) is 41.5. The summed E-state index contributed by atoms with van der Waals surface area (Å²) >= 11 is 0. The molecule has 11 nitrogen and oxygen atoms in total. The lowest BCUT2D eigenvalue weighted by atomic mass is 9.81. The molecule has 0 aromatic carbocycles. The van der Waals surface area contributed by atoms with E-state index >= 15 is 0 Å². The van der Waals surface area contributed by atoms with Crippen LogP contribution in [0.5, 0.6) is 0 Å². The predicted octanol–water partition coefficient (Wildman–Crippen LogP) is 5.86. The minimum absolute atomic E-state index is 0.000120. The first kappa shape index (κ1) is 47.6. The highest BCUT2D eigenvalue weighted by atomic mass is 16.6. The van der Waals surface area contributed by atoms with Crippen molar-refractivity contribution >= 4 is 17.6 Å². The number of hydrogen-bond donors (Lipinski definition) is 5. The van der Waals surface area contributed by atoms with Crippen molar-refractivity contribution < 1.29 is 34.4 Å². The van der Waals surface area contributed by atoms with E-state index < -0.39 is 42.2 Å². The van der Waals surface area contributed by atoms with E-state index in [0.29, 0.717) is 25.2 Å². The Hall–Kier alpha value is -3.51. The second-order valence-corrected chi connectivity index (χ2v) is 15.7. The van der Waals surface area contributed by atoms with E-state index in [1.165, 1.54) is 7.11 Å². The first-order valence-electron chi connectivity index (χ1n) is 20.2. The number of rotatable bonds is 13. The molecule has 0 bridgehead atoms. The zero-order valence-electron chi connectivity index (χ0n) is 35.2. The van der Waals surface area contributed by atoms with E-state index in [4.69, 9.17) is 9.47 Å². The second-order valence-electron chi connectivity index (χ2n) is 15.7. The number of amides is 1. The van der Waals surface area contributed by atoms with Gasteiger partial charge in [0.15, 0.2) is 0 Å². The molecule has 11 heteroatoms. The Balaban J connectivity index is 2.46. The molecule has 10 unspecified atom stereocenters. The molecule has 0 aromatic heterocycles. The predicted molar refractivity (Wildman–Crippen MR) is 222 cm³/mol. The van der Waals surface area contributed by atoms with Gasteiger partial charge in [-0.15, -0.1) is 0 Å². The van der Waals surface area contributed by atoms with E-state index in [9.17, 15) is 24.9 Å². The van der Waals surface area contributed by atoms with Crippen molar-refractivity contribution in [3.8, 4) is 0 Å². The van der Waals surface area contributed by atoms with Crippen molar-refractivity contribution in [1.29, 1.82) is 0 Å². The largest absolute Gasteiger partial charge is 0.490 e. The van der Waals surface area contributed by atoms with Crippen LogP contribution in [0.3, 0.4) is 0 Å². The summed E-state index contributed by atoms with van der Waals surface area (Å²) < 4.78 is 11.7. The van der Waals surface area contributed by atoms with Gasteiger partial charge in [-0.25, -0.2) is 4.79 Å². The fourth-order valence-corrected chi connectivity index (χ4v) is 7.27. The number of nitrogens with zero attached hydrogens (tertiary/aromatic N) is 2. The Bertz CT molecular complexity index is 1410. The highest BCUT2D eigenvalue weighted by Crippen LogP contribution is 2.29. The van der Waals surface area contributed by atoms with Crippen LogP contribution in [0.4, 0.5) is 0 Å². The molecule has 0 aliphatic carbocycles. The van der Waals surface area contributed by atoms with Gasteiger partial charge in [-0.3, -0.25) is 4.79 Å². The number of ether oxygens (including phenoxy) is 2. The third-order valence-corrected chi connectivity index (χ3v) is 10.9. The van der Waals surface area contributed by atoms with Crippen LogP contribution in [0.25, 0.3) is 0 Å². The smallest absolute Gasteiger partial charge is 0.373 e. The van der Waals surface area contributed by atoms with Crippen molar-refractivity contribution in [3.63, 3.8) is 0 Å². The zero-order chi connectivity index (χ0) is 41.1. The number of nitrogens with one attached hydrogen (secondary N) is 2. The number of esters is 1. The SMILES string of the molecule is C/C=C/C(O)C(C)/C=C/C(=N\NCC(=O)N1CCNCC1)C(C)C(O)C(C)C1C/C=C/C=C(\C)CC(C)C(O)C(CC)CC(C)/C=C(C)/C=C(\OC)C(=O)O1. The minimum atomic E-state index is -1.02. The average Bonchev–Trinajstić information content (AvgIpc) is 3.16. The second kappa shape index (κ2) is 24.9. The van der Waals surface area contributed by atoms with Crippen LogP contribution in [0, 0.1) is 35.5 Å². The van der Waals surface area contributed by atoms with Gasteiger partial charge < -0.3 is 40.4 Å². The number of methoxy groups -OCH3 is 1. The van der Waals surface area contributed by atoms with Gasteiger partial charge in [0.05, 0.1) is 31.1 Å². The molecule has 0 spiro atoms. The Morgan fingerprint density at radius 1 is 1.16 bits per heavy atom. The Morgan fingerprint density at radius 3 is 2.49 bits per heavy atom. The summed E-state index contributed by atoms with van der Waals surface area (Å²) in [5.41, 5.74) is 5.39. The average molecular weight is 769 g/mol. The van der Waals surface area contributed by atoms with E-state index in [1.807, 2.05) is 58.9 Å². The van der Waals surface area contributed by atoms with Gasteiger partial charge in [-0.05, 0) is 63.5 Å². The van der Waals surface area contributed by atoms with E-state index in [0.717, 1.165) is 43.5 Å². The molecule has 5 N–H and O–H groups in total. The summed E-state index contributed by atoms with van der Waals surface area (Å²) in [6, 6.07) is 0. The van der Waals surface area contributed by atoms with Crippen LogP contribution < -0.4 is 10.7 Å². The Morgan fingerprint density at radius 2 is 1.85 bits per heavy atom. The lowest BCUT2D eigenvalue weighted by Gasteiger charge is -2.31. The molecule has 2 rings (SSSR count). The third-order valence-electron chi connectivity index (χ3n) is 10.9. The van der Waals surface area contributed by atoms with Crippen LogP contribution in [0.15, 0.2) is 76.7 Å². The van der Waals surface area contributed by atoms with Crippen LogP contribution in [0.2, 0.25) is 0 Å². The molecule has 2 aliphatic heterocycles. The molecule has 1 amide bonds. The first-order valence-corrected chi connectivity index (χ1v) is 20.2. The molecule has 1 fully saturated rings. The van der Waals surface area contributed by atoms with Crippen LogP contribution in [0.1, 0.15) is 88.0 Å². The van der Waals surface area contributed by atoms with E-state index in [2.05, 4.69) is 49.6 Å². The topological polar surface area (TPSA) is 153 Å². The van der Waals surface area contributed by atoms with Gasteiger partial charge in [0, 0.05) is 50.4 Å². The monoisotopic (exact) mass is 769 g/mol. The fourth-order valence-electron chi connectivity index (χ4n) is 7.27. The minimum Gasteiger partial charge on any atom is -0.490 e. The molecule has 2 heterocycles. The van der Waals surface area contributed by atoms with Crippen LogP contribution >= 0.6 is 0 Å². The number of allylic oxidation sites excluding steroid dienone is 8. The molecule has 0 aromatic rings. The maximum absolute atomic E-state index is 13.7. The van der Waals surface area contributed by atoms with Gasteiger partial charge in [0.2, 0.25) is 11.7 Å². The highest BCUT2D eigenvalue weighted by Gasteiger charge is 2.33. The molecular weight excluding hydrogens is 697 g/mol. The maximum Gasteiger partial charge on any atom is 0.373 e. The standard InChI is InChI=1S/C44H72N4O7/c1-11-15-38(49)32(6)18-19-37(47-46-28-41(50)48-22-20-45-21-23-48)34(8)43(52)35(9)39-17-14-13-16-29(3)25-33(7)42(51)36(12-2)26-30(4)24-31(5)27-40(54-10)44(53)55-39/h11,13-16,18-19,24,27,30,32-36,38-39,42-43,45-46,49,51-52H,12,17,20-23,25-26,28H2,1-10H3/b14-13+,15-11+,19-18+,29-16+,31-24+,40-27-,47-37+. The van der Waals surface area contributed by atoms with Crippen molar-refractivity contribution in [2.24, 2.45) is 40.6 Å². The van der Waals surface area contributed by atoms with Gasteiger partial charge in [0.1, 0.15) is 12.6 Å². The fraction of sp³-hybridized carbons (Fsp3) is 0.659. The maximum atomic E-state index is 13.7. The normalized spacial score (nSPS) is 30.6. The van der Waals surface area contributed by atoms with Gasteiger partial charge in [-0.2, -0.15) is 5.10 Å². The van der Waals surface area contributed by atoms with Gasteiger partial charge in [0.25, 0.3) is 0 Å². The quantitative estimate of drug-likeness (QED) is 0.0672. The Kier molecular flexibility index (Phi) is 21.6. The number of piperazine rings is 1. The van der Waals surface area contributed by atoms with E-state index in [-0.39, 0.29) is 41.9 Å². The third kappa shape index (κ3) is 16.2. The number of carbonyl (C=O) groups excluding carboxylic acids is 2. The number of hydrogen-bond acceptors (Lipinski definition) is 10. The summed E-state index contributed by atoms with van der Waals surface area (Å²) in [5.74, 6) is -1.60. The van der Waals surface area contributed by atoms with Crippen molar-refractivity contribution in [2.45, 2.75) is 112 Å². The molecule has 10 atom stereocenters. The highest BCUT2D eigenvalue weighted by molar-refractivity contribution is 5.97. The summed E-state index contributed by atoms with van der Waals surface area (Å²) in [6.45, 7) is 20.5.